The first-order valence-electron chi connectivity index (χ1n) is 5.39. The maximum atomic E-state index is 11.7. The first kappa shape index (κ1) is 11.8. The molecule has 84 valence electrons. The molecule has 0 spiro atoms. The minimum Gasteiger partial charge on any atom is -0.383 e. The highest BCUT2D eigenvalue weighted by Gasteiger charge is 2.24. The van der Waals surface area contributed by atoms with Crippen molar-refractivity contribution in [2.24, 2.45) is 0 Å². The summed E-state index contributed by atoms with van der Waals surface area (Å²) in [5.41, 5.74) is 5.06. The summed E-state index contributed by atoms with van der Waals surface area (Å²) in [7, 11) is 0. The quantitative estimate of drug-likeness (QED) is 0.821. The number of rotatable bonds is 4. The predicted molar refractivity (Wildman–Crippen MR) is 61.8 cm³/mol. The van der Waals surface area contributed by atoms with Gasteiger partial charge in [0.25, 0.3) is 0 Å². The van der Waals surface area contributed by atoms with Gasteiger partial charge < -0.3 is 5.73 Å². The summed E-state index contributed by atoms with van der Waals surface area (Å²) >= 11 is 0. The molecule has 2 N–H and O–H groups in total. The number of nitrogens with two attached hydrogens (primary N) is 1. The summed E-state index contributed by atoms with van der Waals surface area (Å²) < 4.78 is 1.69. The first-order chi connectivity index (χ1) is 7.03. The second kappa shape index (κ2) is 4.47. The Bertz CT molecular complexity index is 386. The van der Waals surface area contributed by atoms with E-state index in [-0.39, 0.29) is 17.0 Å². The molecule has 0 saturated heterocycles. The summed E-state index contributed by atoms with van der Waals surface area (Å²) in [6.45, 7) is 6.28. The lowest BCUT2D eigenvalue weighted by atomic mass is 9.93. The third kappa shape index (κ3) is 2.37. The van der Waals surface area contributed by atoms with Gasteiger partial charge in [0.1, 0.15) is 5.82 Å². The van der Waals surface area contributed by atoms with Crippen molar-refractivity contribution in [2.75, 3.05) is 5.73 Å². The molecule has 1 aromatic rings. The molecule has 15 heavy (non-hydrogen) atoms. The van der Waals surface area contributed by atoms with Gasteiger partial charge in [0.2, 0.25) is 0 Å². The Morgan fingerprint density at radius 3 is 2.67 bits per heavy atom. The van der Waals surface area contributed by atoms with E-state index in [0.29, 0.717) is 0 Å². The van der Waals surface area contributed by atoms with E-state index in [0.717, 1.165) is 19.3 Å². The lowest BCUT2D eigenvalue weighted by Crippen LogP contribution is -2.39. The maximum Gasteiger partial charge on any atom is 0.349 e. The van der Waals surface area contributed by atoms with E-state index < -0.39 is 0 Å². The molecule has 4 nitrogen and oxygen atoms in total. The second-order valence-corrected chi connectivity index (χ2v) is 4.11. The molecular formula is C11H19N3O. The molecule has 1 aromatic heterocycles. The molecule has 1 rings (SSSR count). The van der Waals surface area contributed by atoms with Gasteiger partial charge in [-0.1, -0.05) is 20.3 Å². The van der Waals surface area contributed by atoms with Crippen LogP contribution in [0.15, 0.2) is 17.1 Å². The SMILES string of the molecule is CCCC(C)(CC)n1ccc(N)nc1=O. The molecule has 0 aliphatic heterocycles. The van der Waals surface area contributed by atoms with Gasteiger partial charge in [0.15, 0.2) is 0 Å². The monoisotopic (exact) mass is 209 g/mol. The van der Waals surface area contributed by atoms with Crippen molar-refractivity contribution in [3.8, 4) is 0 Å². The standard InChI is InChI=1S/C11H19N3O/c1-4-7-11(3,5-2)14-8-6-9(12)13-10(14)15/h6,8H,4-5,7H2,1-3H3,(H2,12,13,15). The molecule has 1 atom stereocenters. The van der Waals surface area contributed by atoms with Gasteiger partial charge in [-0.25, -0.2) is 4.79 Å². The van der Waals surface area contributed by atoms with Crippen LogP contribution in [-0.2, 0) is 5.54 Å². The number of aromatic nitrogens is 2. The van der Waals surface area contributed by atoms with Crippen LogP contribution in [-0.4, -0.2) is 9.55 Å². The predicted octanol–water partition coefficient (Wildman–Crippen LogP) is 1.75. The minimum absolute atomic E-state index is 0.146. The van der Waals surface area contributed by atoms with Crippen LogP contribution < -0.4 is 11.4 Å². The lowest BCUT2D eigenvalue weighted by Gasteiger charge is -2.30. The molecule has 4 heteroatoms. The van der Waals surface area contributed by atoms with Gasteiger partial charge in [-0.05, 0) is 25.8 Å². The van der Waals surface area contributed by atoms with Crippen LogP contribution in [0.3, 0.4) is 0 Å². The Hall–Kier alpha value is -1.32. The highest BCUT2D eigenvalue weighted by molar-refractivity contribution is 5.23. The zero-order chi connectivity index (χ0) is 11.5. The van der Waals surface area contributed by atoms with E-state index in [4.69, 9.17) is 5.73 Å². The zero-order valence-corrected chi connectivity index (χ0v) is 9.66. The molecule has 0 radical (unpaired) electrons. The number of anilines is 1. The van der Waals surface area contributed by atoms with Crippen molar-refractivity contribution in [3.63, 3.8) is 0 Å². The van der Waals surface area contributed by atoms with Crippen molar-refractivity contribution in [3.05, 3.63) is 22.7 Å². The van der Waals surface area contributed by atoms with Crippen LogP contribution in [0.1, 0.15) is 40.0 Å². The molecule has 0 fully saturated rings. The number of nitrogen functional groups attached to an aromatic ring is 1. The van der Waals surface area contributed by atoms with E-state index in [1.807, 2.05) is 0 Å². The largest absolute Gasteiger partial charge is 0.383 e. The van der Waals surface area contributed by atoms with Crippen molar-refractivity contribution < 1.29 is 0 Å². The smallest absolute Gasteiger partial charge is 0.349 e. The Kier molecular flexibility index (Phi) is 3.50. The Labute approximate surface area is 90.1 Å². The Morgan fingerprint density at radius 2 is 2.20 bits per heavy atom. The minimum atomic E-state index is -0.257. The van der Waals surface area contributed by atoms with Crippen molar-refractivity contribution in [2.45, 2.75) is 45.6 Å². The van der Waals surface area contributed by atoms with Gasteiger partial charge >= 0.3 is 5.69 Å². The molecule has 0 aliphatic rings. The maximum absolute atomic E-state index is 11.7. The van der Waals surface area contributed by atoms with E-state index >= 15 is 0 Å². The summed E-state index contributed by atoms with van der Waals surface area (Å²) in [6.07, 6.45) is 4.66. The fourth-order valence-corrected chi connectivity index (χ4v) is 1.83. The van der Waals surface area contributed by atoms with E-state index in [1.54, 1.807) is 16.8 Å². The second-order valence-electron chi connectivity index (χ2n) is 4.11. The molecular weight excluding hydrogens is 190 g/mol. The zero-order valence-electron chi connectivity index (χ0n) is 9.66. The average molecular weight is 209 g/mol. The topological polar surface area (TPSA) is 60.9 Å². The Balaban J connectivity index is 3.18. The van der Waals surface area contributed by atoms with Crippen LogP contribution in [0.4, 0.5) is 5.82 Å². The van der Waals surface area contributed by atoms with Crippen LogP contribution in [0.25, 0.3) is 0 Å². The molecule has 0 aromatic carbocycles. The van der Waals surface area contributed by atoms with Gasteiger partial charge in [0, 0.05) is 11.7 Å². The summed E-state index contributed by atoms with van der Waals surface area (Å²) in [5.74, 6) is 0.284. The van der Waals surface area contributed by atoms with Gasteiger partial charge in [-0.2, -0.15) is 4.98 Å². The number of hydrogen-bond acceptors (Lipinski definition) is 3. The summed E-state index contributed by atoms with van der Waals surface area (Å²) in [5, 5.41) is 0. The van der Waals surface area contributed by atoms with E-state index in [2.05, 4.69) is 25.8 Å². The molecule has 0 aliphatic carbocycles. The fraction of sp³-hybridized carbons (Fsp3) is 0.636. The third-order valence-corrected chi connectivity index (χ3v) is 2.96. The Morgan fingerprint density at radius 1 is 1.53 bits per heavy atom. The highest BCUT2D eigenvalue weighted by Crippen LogP contribution is 2.24. The average Bonchev–Trinajstić information content (AvgIpc) is 2.17. The van der Waals surface area contributed by atoms with E-state index in [1.165, 1.54) is 0 Å². The summed E-state index contributed by atoms with van der Waals surface area (Å²) in [6, 6.07) is 1.67. The van der Waals surface area contributed by atoms with Crippen molar-refractivity contribution in [1.82, 2.24) is 9.55 Å². The molecule has 0 saturated carbocycles. The number of nitrogens with zero attached hydrogens (tertiary/aromatic N) is 2. The molecule has 0 amide bonds. The van der Waals surface area contributed by atoms with Crippen LogP contribution >= 0.6 is 0 Å². The van der Waals surface area contributed by atoms with Crippen molar-refractivity contribution >= 4 is 5.82 Å². The highest BCUT2D eigenvalue weighted by atomic mass is 16.1. The summed E-state index contributed by atoms with van der Waals surface area (Å²) in [4.78, 5) is 15.4. The molecule has 1 unspecified atom stereocenters. The molecule has 0 bridgehead atoms. The first-order valence-corrected chi connectivity index (χ1v) is 5.39. The fourth-order valence-electron chi connectivity index (χ4n) is 1.83. The molecule has 1 heterocycles. The number of hydrogen-bond donors (Lipinski definition) is 1. The van der Waals surface area contributed by atoms with Gasteiger partial charge in [-0.15, -0.1) is 0 Å². The van der Waals surface area contributed by atoms with Crippen LogP contribution in [0.2, 0.25) is 0 Å². The van der Waals surface area contributed by atoms with Gasteiger partial charge in [-0.3, -0.25) is 4.57 Å². The lowest BCUT2D eigenvalue weighted by molar-refractivity contribution is 0.267. The van der Waals surface area contributed by atoms with Crippen molar-refractivity contribution in [1.29, 1.82) is 0 Å². The van der Waals surface area contributed by atoms with Crippen LogP contribution in [0, 0.1) is 0 Å². The van der Waals surface area contributed by atoms with Gasteiger partial charge in [0.05, 0.1) is 0 Å². The van der Waals surface area contributed by atoms with Crippen LogP contribution in [0.5, 0.6) is 0 Å². The van der Waals surface area contributed by atoms with E-state index in [9.17, 15) is 4.79 Å². The third-order valence-electron chi connectivity index (χ3n) is 2.96. The normalized spacial score (nSPS) is 14.9.